The molecule has 1 aromatic heterocycles. The Morgan fingerprint density at radius 3 is 2.85 bits per heavy atom. The van der Waals surface area contributed by atoms with E-state index < -0.39 is 0 Å². The van der Waals surface area contributed by atoms with Crippen LogP contribution >= 0.6 is 24.0 Å². The van der Waals surface area contributed by atoms with E-state index in [0.29, 0.717) is 18.4 Å². The number of nitrogens with one attached hydrogen (secondary N) is 1. The number of unbranched alkanes of at least 4 members (excludes halogenated alkanes) is 3. The van der Waals surface area contributed by atoms with Gasteiger partial charge in [-0.05, 0) is 12.5 Å². The zero-order valence-electron chi connectivity index (χ0n) is 12.3. The van der Waals surface area contributed by atoms with Crippen LogP contribution in [0.3, 0.4) is 0 Å². The van der Waals surface area contributed by atoms with Crippen LogP contribution in [0.15, 0.2) is 23.2 Å². The number of pyridine rings is 1. The molecule has 5 nitrogen and oxygen atoms in total. The SMILES string of the molecule is CCCCCCNC(N)=NCc1cccc(OC)n1.I. The fraction of sp³-hybridized carbons (Fsp3) is 0.571. The lowest BCUT2D eigenvalue weighted by Crippen LogP contribution is -2.32. The number of nitrogens with two attached hydrogens (primary N) is 1. The molecular weight excluding hydrogens is 367 g/mol. The van der Waals surface area contributed by atoms with Gasteiger partial charge in [0.25, 0.3) is 0 Å². The number of methoxy groups -OCH3 is 1. The summed E-state index contributed by atoms with van der Waals surface area (Å²) in [5.41, 5.74) is 6.63. The summed E-state index contributed by atoms with van der Waals surface area (Å²) in [6.07, 6.45) is 4.87. The van der Waals surface area contributed by atoms with Gasteiger partial charge in [-0.1, -0.05) is 32.3 Å². The van der Waals surface area contributed by atoms with Gasteiger partial charge in [-0.25, -0.2) is 9.98 Å². The summed E-state index contributed by atoms with van der Waals surface area (Å²) in [5.74, 6) is 1.07. The highest BCUT2D eigenvalue weighted by molar-refractivity contribution is 14.0. The minimum atomic E-state index is 0. The molecule has 0 aliphatic rings. The Balaban J connectivity index is 0.00000361. The van der Waals surface area contributed by atoms with Crippen LogP contribution in [0.1, 0.15) is 38.3 Å². The molecule has 114 valence electrons. The predicted octanol–water partition coefficient (Wildman–Crippen LogP) is 2.69. The molecule has 0 aliphatic heterocycles. The third kappa shape index (κ3) is 8.19. The monoisotopic (exact) mass is 392 g/mol. The minimum Gasteiger partial charge on any atom is -0.481 e. The molecule has 0 spiro atoms. The number of halogens is 1. The topological polar surface area (TPSA) is 72.5 Å². The fourth-order valence-corrected chi connectivity index (χ4v) is 1.65. The Hall–Kier alpha value is -1.05. The zero-order chi connectivity index (χ0) is 13.9. The smallest absolute Gasteiger partial charge is 0.213 e. The first kappa shape index (κ1) is 18.9. The number of guanidine groups is 1. The molecule has 0 fully saturated rings. The summed E-state index contributed by atoms with van der Waals surface area (Å²) in [5, 5.41) is 3.11. The van der Waals surface area contributed by atoms with Crippen LogP contribution in [0.2, 0.25) is 0 Å². The molecule has 0 unspecified atom stereocenters. The van der Waals surface area contributed by atoms with Gasteiger partial charge in [0.05, 0.1) is 19.3 Å². The van der Waals surface area contributed by atoms with E-state index in [1.807, 2.05) is 18.2 Å². The summed E-state index contributed by atoms with van der Waals surface area (Å²) in [7, 11) is 1.60. The highest BCUT2D eigenvalue weighted by atomic mass is 127. The molecule has 1 aromatic rings. The molecule has 0 atom stereocenters. The summed E-state index contributed by atoms with van der Waals surface area (Å²) in [4.78, 5) is 8.52. The summed E-state index contributed by atoms with van der Waals surface area (Å²) in [6.45, 7) is 3.54. The molecular formula is C14H25IN4O. The standard InChI is InChI=1S/C14H24N4O.HI/c1-3-4-5-6-10-16-14(15)17-11-12-8-7-9-13(18-12)19-2;/h7-9H,3-6,10-11H2,1-2H3,(H3,15,16,17);1H. The summed E-state index contributed by atoms with van der Waals surface area (Å²) >= 11 is 0. The molecule has 0 aromatic carbocycles. The van der Waals surface area contributed by atoms with E-state index >= 15 is 0 Å². The van der Waals surface area contributed by atoms with Crippen molar-refractivity contribution in [3.63, 3.8) is 0 Å². The second-order valence-corrected chi connectivity index (χ2v) is 4.36. The van der Waals surface area contributed by atoms with E-state index in [4.69, 9.17) is 10.5 Å². The summed E-state index contributed by atoms with van der Waals surface area (Å²) in [6, 6.07) is 5.61. The maximum atomic E-state index is 5.79. The molecule has 6 heteroatoms. The van der Waals surface area contributed by atoms with E-state index in [0.717, 1.165) is 18.7 Å². The molecule has 0 saturated carbocycles. The van der Waals surface area contributed by atoms with Crippen molar-refractivity contribution in [3.05, 3.63) is 23.9 Å². The zero-order valence-corrected chi connectivity index (χ0v) is 14.6. The van der Waals surface area contributed by atoms with Crippen LogP contribution in [-0.4, -0.2) is 24.6 Å². The third-order valence-electron chi connectivity index (χ3n) is 2.74. The predicted molar refractivity (Wildman–Crippen MR) is 93.7 cm³/mol. The van der Waals surface area contributed by atoms with Gasteiger partial charge < -0.3 is 15.8 Å². The van der Waals surface area contributed by atoms with Gasteiger partial charge in [0.2, 0.25) is 5.88 Å². The number of aromatic nitrogens is 1. The molecule has 0 saturated heterocycles. The fourth-order valence-electron chi connectivity index (χ4n) is 1.65. The Morgan fingerprint density at radius 2 is 2.15 bits per heavy atom. The number of hydrogen-bond donors (Lipinski definition) is 2. The van der Waals surface area contributed by atoms with Crippen molar-refractivity contribution in [3.8, 4) is 5.88 Å². The largest absolute Gasteiger partial charge is 0.481 e. The van der Waals surface area contributed by atoms with Crippen LogP contribution in [0.4, 0.5) is 0 Å². The molecule has 0 radical (unpaired) electrons. The van der Waals surface area contributed by atoms with Crippen LogP contribution in [-0.2, 0) is 6.54 Å². The average Bonchev–Trinajstić information content (AvgIpc) is 2.45. The molecule has 0 bridgehead atoms. The third-order valence-corrected chi connectivity index (χ3v) is 2.74. The molecule has 1 rings (SSSR count). The molecule has 0 aliphatic carbocycles. The lowest BCUT2D eigenvalue weighted by molar-refractivity contribution is 0.396. The van der Waals surface area contributed by atoms with Gasteiger partial charge >= 0.3 is 0 Å². The van der Waals surface area contributed by atoms with Crippen molar-refractivity contribution in [1.82, 2.24) is 10.3 Å². The first-order chi connectivity index (χ1) is 9.26. The maximum Gasteiger partial charge on any atom is 0.213 e. The Labute approximate surface area is 138 Å². The summed E-state index contributed by atoms with van der Waals surface area (Å²) < 4.78 is 5.06. The Bertz CT molecular complexity index is 399. The van der Waals surface area contributed by atoms with Crippen LogP contribution in [0.25, 0.3) is 0 Å². The van der Waals surface area contributed by atoms with Gasteiger partial charge in [0.15, 0.2) is 5.96 Å². The minimum absolute atomic E-state index is 0. The molecule has 1 heterocycles. The van der Waals surface area contributed by atoms with Gasteiger partial charge in [0.1, 0.15) is 0 Å². The second kappa shape index (κ2) is 11.7. The second-order valence-electron chi connectivity index (χ2n) is 4.36. The Morgan fingerprint density at radius 1 is 1.35 bits per heavy atom. The van der Waals surface area contributed by atoms with E-state index in [-0.39, 0.29) is 24.0 Å². The van der Waals surface area contributed by atoms with Crippen molar-refractivity contribution >= 4 is 29.9 Å². The maximum absolute atomic E-state index is 5.79. The van der Waals surface area contributed by atoms with Crippen LogP contribution in [0.5, 0.6) is 5.88 Å². The van der Waals surface area contributed by atoms with E-state index in [1.165, 1.54) is 19.3 Å². The van der Waals surface area contributed by atoms with E-state index in [9.17, 15) is 0 Å². The van der Waals surface area contributed by atoms with Crippen LogP contribution in [0, 0.1) is 0 Å². The van der Waals surface area contributed by atoms with Crippen LogP contribution < -0.4 is 15.8 Å². The van der Waals surface area contributed by atoms with Crippen molar-refractivity contribution in [1.29, 1.82) is 0 Å². The average molecular weight is 392 g/mol. The Kier molecular flexibility index (Phi) is 11.1. The first-order valence-corrected chi connectivity index (χ1v) is 6.80. The number of rotatable bonds is 8. The number of hydrogen-bond acceptors (Lipinski definition) is 3. The lowest BCUT2D eigenvalue weighted by atomic mass is 10.2. The van der Waals surface area contributed by atoms with E-state index in [2.05, 4.69) is 22.2 Å². The highest BCUT2D eigenvalue weighted by Gasteiger charge is 1.97. The van der Waals surface area contributed by atoms with Gasteiger partial charge in [-0.3, -0.25) is 0 Å². The quantitative estimate of drug-likeness (QED) is 0.309. The normalized spacial score (nSPS) is 10.8. The van der Waals surface area contributed by atoms with Gasteiger partial charge in [-0.15, -0.1) is 24.0 Å². The highest BCUT2D eigenvalue weighted by Crippen LogP contribution is 2.07. The molecule has 20 heavy (non-hydrogen) atoms. The number of ether oxygens (including phenoxy) is 1. The van der Waals surface area contributed by atoms with Crippen molar-refractivity contribution in [2.75, 3.05) is 13.7 Å². The van der Waals surface area contributed by atoms with Gasteiger partial charge in [0, 0.05) is 12.6 Å². The first-order valence-electron chi connectivity index (χ1n) is 6.80. The van der Waals surface area contributed by atoms with Crippen molar-refractivity contribution in [2.24, 2.45) is 10.7 Å². The van der Waals surface area contributed by atoms with E-state index in [1.54, 1.807) is 7.11 Å². The van der Waals surface area contributed by atoms with Crippen molar-refractivity contribution < 1.29 is 4.74 Å². The number of aliphatic imine (C=N–C) groups is 1. The van der Waals surface area contributed by atoms with Crippen molar-refractivity contribution in [2.45, 2.75) is 39.2 Å². The van der Waals surface area contributed by atoms with Gasteiger partial charge in [-0.2, -0.15) is 0 Å². The number of nitrogens with zero attached hydrogens (tertiary/aromatic N) is 2. The molecule has 0 amide bonds. The lowest BCUT2D eigenvalue weighted by Gasteiger charge is -2.05. The molecule has 3 N–H and O–H groups in total.